The Morgan fingerprint density at radius 2 is 2.15 bits per heavy atom. The van der Waals surface area contributed by atoms with Crippen LogP contribution < -0.4 is 18.1 Å². The van der Waals surface area contributed by atoms with Gasteiger partial charge in [0.15, 0.2) is 0 Å². The molecule has 1 aliphatic rings. The zero-order valence-electron chi connectivity index (χ0n) is 7.51. The summed E-state index contributed by atoms with van der Waals surface area (Å²) in [5, 5.41) is 7.76. The Kier molecular flexibility index (Phi) is 2.57. The van der Waals surface area contributed by atoms with Gasteiger partial charge in [-0.05, 0) is 0 Å². The molecular weight excluding hydrogens is 220 g/mol. The summed E-state index contributed by atoms with van der Waals surface area (Å²) in [5.41, 5.74) is 6.25. The molecule has 13 heavy (non-hydrogen) atoms. The van der Waals surface area contributed by atoms with Crippen LogP contribution in [0.5, 0.6) is 0 Å². The number of rotatable bonds is 1. The van der Waals surface area contributed by atoms with Crippen molar-refractivity contribution in [1.29, 1.82) is 0 Å². The average molecular weight is 228 g/mol. The van der Waals surface area contributed by atoms with Gasteiger partial charge in [-0.3, -0.25) is 0 Å². The van der Waals surface area contributed by atoms with Crippen molar-refractivity contribution in [2.75, 3.05) is 0 Å². The molecule has 0 aromatic carbocycles. The van der Waals surface area contributed by atoms with Crippen molar-refractivity contribution in [3.63, 3.8) is 0 Å². The average Bonchev–Trinajstić information content (AvgIpc) is 2.31. The molecule has 0 aliphatic heterocycles. The van der Waals surface area contributed by atoms with Crippen molar-refractivity contribution < 1.29 is 22.6 Å². The summed E-state index contributed by atoms with van der Waals surface area (Å²) in [6.45, 7) is 0. The number of nitrogens with two attached hydrogens (primary N) is 1. The van der Waals surface area contributed by atoms with Gasteiger partial charge in [-0.1, -0.05) is 0 Å². The summed E-state index contributed by atoms with van der Waals surface area (Å²) in [4.78, 5) is 0. The van der Waals surface area contributed by atoms with E-state index in [1.807, 2.05) is 0 Å². The van der Waals surface area contributed by atoms with Crippen molar-refractivity contribution in [2.24, 2.45) is 5.73 Å². The van der Waals surface area contributed by atoms with Crippen molar-refractivity contribution in [3.8, 4) is 0 Å². The van der Waals surface area contributed by atoms with E-state index < -0.39 is 11.5 Å². The van der Waals surface area contributed by atoms with Gasteiger partial charge in [-0.25, -0.2) is 8.78 Å². The molecule has 0 saturated heterocycles. The van der Waals surface area contributed by atoms with E-state index in [-0.39, 0.29) is 26.7 Å². The third kappa shape index (κ3) is 1.79. The van der Waals surface area contributed by atoms with Gasteiger partial charge in [-0.2, -0.15) is 0 Å². The Morgan fingerprint density at radius 1 is 1.54 bits per heavy atom. The fourth-order valence-corrected chi connectivity index (χ4v) is 2.08. The van der Waals surface area contributed by atoms with Crippen molar-refractivity contribution in [3.05, 3.63) is 10.5 Å². The molecule has 1 aromatic rings. The van der Waals surface area contributed by atoms with Gasteiger partial charge in [0.05, 0.1) is 5.54 Å². The van der Waals surface area contributed by atoms with Gasteiger partial charge in [-0.15, -0.1) is 21.5 Å². The predicted octanol–water partition coefficient (Wildman–Crippen LogP) is -1.76. The predicted molar refractivity (Wildman–Crippen MR) is 41.1 cm³/mol. The lowest BCUT2D eigenvalue weighted by Gasteiger charge is -2.42. The molecule has 3 nitrogen and oxygen atoms in total. The Labute approximate surface area is 85.2 Å². The Bertz CT molecular complexity index is 287. The number of aromatic nitrogens is 2. The molecule has 1 aromatic heterocycles. The van der Waals surface area contributed by atoms with E-state index in [2.05, 4.69) is 10.2 Å². The number of nitrogens with zero attached hydrogens (tertiary/aromatic N) is 2. The lowest BCUT2D eigenvalue weighted by atomic mass is 9.75. The van der Waals surface area contributed by atoms with Crippen LogP contribution in [0.1, 0.15) is 19.3 Å². The standard InChI is InChI=1S/C6H7F2N3S.ClH/c7-6(8)1-5(9,2-6)4-11-10-3-12-4;/h3H,1-2,9H2;1H. The molecular formula is C6H8ClF2N3S. The summed E-state index contributed by atoms with van der Waals surface area (Å²) in [6, 6.07) is 0. The SMILES string of the molecule is NC1(c2nncs2)CC(F)(F)C1.[Cl-].[H+]. The number of halogens is 3. The third-order valence-electron chi connectivity index (χ3n) is 1.93. The summed E-state index contributed by atoms with van der Waals surface area (Å²) in [5.74, 6) is -2.61. The molecule has 0 atom stereocenters. The Morgan fingerprint density at radius 3 is 2.54 bits per heavy atom. The molecule has 74 valence electrons. The van der Waals surface area contributed by atoms with Gasteiger partial charge in [0.2, 0.25) is 0 Å². The number of alkyl halides is 2. The fraction of sp³-hybridized carbons (Fsp3) is 0.667. The quantitative estimate of drug-likeness (QED) is 0.619. The van der Waals surface area contributed by atoms with Gasteiger partial charge < -0.3 is 18.1 Å². The van der Waals surface area contributed by atoms with Crippen molar-refractivity contribution in [2.45, 2.75) is 24.3 Å². The summed E-state index contributed by atoms with van der Waals surface area (Å²) in [7, 11) is 0. The molecule has 7 heteroatoms. The van der Waals surface area contributed by atoms with E-state index in [4.69, 9.17) is 5.73 Å². The molecule has 1 saturated carbocycles. The lowest BCUT2D eigenvalue weighted by Crippen LogP contribution is -3.00. The molecule has 0 unspecified atom stereocenters. The zero-order chi connectivity index (χ0) is 8.82. The number of hydrogen-bond acceptors (Lipinski definition) is 4. The molecule has 2 N–H and O–H groups in total. The van der Waals surface area contributed by atoms with Crippen LogP contribution in [-0.2, 0) is 5.54 Å². The summed E-state index contributed by atoms with van der Waals surface area (Å²) < 4.78 is 25.0. The van der Waals surface area contributed by atoms with Crippen LogP contribution in [-0.4, -0.2) is 16.1 Å². The Hall–Kier alpha value is -0.330. The fourth-order valence-electron chi connectivity index (χ4n) is 1.41. The topological polar surface area (TPSA) is 51.8 Å². The first-order valence-corrected chi connectivity index (χ1v) is 4.33. The van der Waals surface area contributed by atoms with E-state index in [1.54, 1.807) is 0 Å². The Balaban J connectivity index is 0.000000845. The van der Waals surface area contributed by atoms with E-state index in [1.165, 1.54) is 16.8 Å². The zero-order valence-corrected chi connectivity index (χ0v) is 8.08. The number of hydrogen-bond donors (Lipinski definition) is 1. The first kappa shape index (κ1) is 10.7. The summed E-state index contributed by atoms with van der Waals surface area (Å²) in [6.07, 6.45) is -0.621. The van der Waals surface area contributed by atoms with Crippen LogP contribution in [0.2, 0.25) is 0 Å². The maximum Gasteiger partial charge on any atom is 1.00 e. The second-order valence-corrected chi connectivity index (χ2v) is 3.94. The molecule has 1 heterocycles. The highest BCUT2D eigenvalue weighted by molar-refractivity contribution is 7.09. The first-order chi connectivity index (χ1) is 5.52. The largest absolute Gasteiger partial charge is 1.00 e. The smallest absolute Gasteiger partial charge is 1.00 e. The lowest BCUT2D eigenvalue weighted by molar-refractivity contribution is -0.125. The van der Waals surface area contributed by atoms with E-state index in [0.717, 1.165) is 0 Å². The molecule has 1 aliphatic carbocycles. The summed E-state index contributed by atoms with van der Waals surface area (Å²) >= 11 is 1.23. The van der Waals surface area contributed by atoms with Crippen LogP contribution in [0.3, 0.4) is 0 Å². The molecule has 2 rings (SSSR count). The monoisotopic (exact) mass is 227 g/mol. The second-order valence-electron chi connectivity index (χ2n) is 3.11. The van der Waals surface area contributed by atoms with Crippen molar-refractivity contribution >= 4 is 11.3 Å². The van der Waals surface area contributed by atoms with Gasteiger partial charge in [0, 0.05) is 12.8 Å². The van der Waals surface area contributed by atoms with E-state index >= 15 is 0 Å². The van der Waals surface area contributed by atoms with E-state index in [0.29, 0.717) is 5.01 Å². The second kappa shape index (κ2) is 3.11. The highest BCUT2D eigenvalue weighted by Crippen LogP contribution is 2.49. The van der Waals surface area contributed by atoms with Gasteiger partial charge >= 0.3 is 1.43 Å². The van der Waals surface area contributed by atoms with Crippen LogP contribution in [0.4, 0.5) is 8.78 Å². The third-order valence-corrected chi connectivity index (χ3v) is 2.85. The van der Waals surface area contributed by atoms with Crippen molar-refractivity contribution in [1.82, 2.24) is 10.2 Å². The first-order valence-electron chi connectivity index (χ1n) is 3.45. The molecule has 0 bridgehead atoms. The minimum atomic E-state index is -2.61. The molecule has 1 fully saturated rings. The minimum Gasteiger partial charge on any atom is -1.00 e. The van der Waals surface area contributed by atoms with Crippen LogP contribution in [0.25, 0.3) is 0 Å². The maximum atomic E-state index is 12.5. The normalized spacial score (nSPS) is 23.0. The maximum absolute atomic E-state index is 12.5. The highest BCUT2D eigenvalue weighted by atomic mass is 35.5. The minimum absolute atomic E-state index is 0. The van der Waals surface area contributed by atoms with Crippen LogP contribution in [0, 0.1) is 0 Å². The van der Waals surface area contributed by atoms with Crippen LogP contribution in [0.15, 0.2) is 5.51 Å². The molecule has 0 radical (unpaired) electrons. The van der Waals surface area contributed by atoms with E-state index in [9.17, 15) is 8.78 Å². The van der Waals surface area contributed by atoms with Crippen LogP contribution >= 0.6 is 11.3 Å². The molecule has 0 spiro atoms. The van der Waals surface area contributed by atoms with Gasteiger partial charge in [0.25, 0.3) is 5.92 Å². The molecule has 0 amide bonds. The highest BCUT2D eigenvalue weighted by Gasteiger charge is 2.56. The van der Waals surface area contributed by atoms with Gasteiger partial charge in [0.1, 0.15) is 10.5 Å².